The molecule has 20 heavy (non-hydrogen) atoms. The van der Waals surface area contributed by atoms with E-state index in [-0.39, 0.29) is 12.1 Å². The molecule has 0 aromatic carbocycles. The molecule has 2 aliphatic rings. The Morgan fingerprint density at radius 1 is 1.40 bits per heavy atom. The number of ether oxygens (including phenoxy) is 1. The number of hydrogen-bond donors (Lipinski definition) is 3. The summed E-state index contributed by atoms with van der Waals surface area (Å²) >= 11 is 0. The molecule has 0 bridgehead atoms. The van der Waals surface area contributed by atoms with Gasteiger partial charge in [-0.3, -0.25) is 0 Å². The van der Waals surface area contributed by atoms with Crippen molar-refractivity contribution < 1.29 is 9.53 Å². The Labute approximate surface area is 122 Å². The molecule has 0 aromatic heterocycles. The van der Waals surface area contributed by atoms with Crippen molar-refractivity contribution in [2.45, 2.75) is 83.1 Å². The minimum Gasteiger partial charge on any atom is -0.444 e. The number of carbonyl (C=O) groups is 1. The zero-order valence-electron chi connectivity index (χ0n) is 13.2. The van der Waals surface area contributed by atoms with Gasteiger partial charge in [-0.05, 0) is 59.9 Å². The van der Waals surface area contributed by atoms with Crippen LogP contribution in [0.4, 0.5) is 4.79 Å². The van der Waals surface area contributed by atoms with Gasteiger partial charge in [-0.2, -0.15) is 0 Å². The average molecular weight is 283 g/mol. The molecule has 5 heteroatoms. The molecule has 1 saturated carbocycles. The molecule has 116 valence electrons. The van der Waals surface area contributed by atoms with Gasteiger partial charge in [-0.25, -0.2) is 4.79 Å². The predicted octanol–water partition coefficient (Wildman–Crippen LogP) is 1.77. The summed E-state index contributed by atoms with van der Waals surface area (Å²) in [7, 11) is 0. The Kier molecular flexibility index (Phi) is 4.91. The fraction of sp³-hybridized carbons (Fsp3) is 0.933. The second-order valence-electron chi connectivity index (χ2n) is 7.19. The predicted molar refractivity (Wildman–Crippen MR) is 79.8 cm³/mol. The zero-order valence-corrected chi connectivity index (χ0v) is 13.2. The van der Waals surface area contributed by atoms with Crippen LogP contribution in [0.5, 0.6) is 0 Å². The Hall–Kier alpha value is -0.810. The van der Waals surface area contributed by atoms with Crippen molar-refractivity contribution in [2.24, 2.45) is 0 Å². The van der Waals surface area contributed by atoms with Gasteiger partial charge in [0.15, 0.2) is 0 Å². The van der Waals surface area contributed by atoms with E-state index in [1.165, 1.54) is 12.8 Å². The molecule has 5 nitrogen and oxygen atoms in total. The molecule has 1 saturated heterocycles. The first-order valence-corrected chi connectivity index (χ1v) is 7.82. The summed E-state index contributed by atoms with van der Waals surface area (Å²) in [6.45, 7) is 9.02. The molecule has 1 amide bonds. The minimum absolute atomic E-state index is 0.226. The van der Waals surface area contributed by atoms with Gasteiger partial charge in [-0.1, -0.05) is 0 Å². The summed E-state index contributed by atoms with van der Waals surface area (Å²) in [6, 6.07) is 1.78. The maximum Gasteiger partial charge on any atom is 0.407 e. The van der Waals surface area contributed by atoms with Crippen LogP contribution >= 0.6 is 0 Å². The standard InChI is InChI=1S/C15H29N3O2/c1-10(8-11-6-5-7-16-11)17-12-9-13(12)18-14(19)20-15(2,3)4/h10-13,16-17H,5-9H2,1-4H3,(H,18,19). The van der Waals surface area contributed by atoms with Crippen LogP contribution in [0.2, 0.25) is 0 Å². The number of alkyl carbamates (subject to hydrolysis) is 1. The normalized spacial score (nSPS) is 30.9. The highest BCUT2D eigenvalue weighted by Crippen LogP contribution is 2.23. The summed E-state index contributed by atoms with van der Waals surface area (Å²) in [5, 5.41) is 10.0. The quantitative estimate of drug-likeness (QED) is 0.719. The van der Waals surface area contributed by atoms with Gasteiger partial charge in [-0.15, -0.1) is 0 Å². The van der Waals surface area contributed by atoms with Gasteiger partial charge in [0.1, 0.15) is 5.60 Å². The van der Waals surface area contributed by atoms with E-state index in [0.717, 1.165) is 19.4 Å². The van der Waals surface area contributed by atoms with Crippen LogP contribution in [0.25, 0.3) is 0 Å². The number of hydrogen-bond acceptors (Lipinski definition) is 4. The van der Waals surface area contributed by atoms with Gasteiger partial charge in [0.25, 0.3) is 0 Å². The first kappa shape index (κ1) is 15.6. The number of amides is 1. The third-order valence-electron chi connectivity index (χ3n) is 3.79. The van der Waals surface area contributed by atoms with Crippen LogP contribution in [0.1, 0.15) is 53.4 Å². The Morgan fingerprint density at radius 2 is 2.15 bits per heavy atom. The molecule has 4 unspecified atom stereocenters. The summed E-state index contributed by atoms with van der Waals surface area (Å²) < 4.78 is 5.26. The molecule has 0 spiro atoms. The molecule has 1 aliphatic heterocycles. The largest absolute Gasteiger partial charge is 0.444 e. The molecular weight excluding hydrogens is 254 g/mol. The maximum absolute atomic E-state index is 11.6. The summed E-state index contributed by atoms with van der Waals surface area (Å²) in [4.78, 5) is 11.6. The first-order valence-electron chi connectivity index (χ1n) is 7.82. The molecule has 1 heterocycles. The lowest BCUT2D eigenvalue weighted by atomic mass is 10.1. The summed E-state index contributed by atoms with van der Waals surface area (Å²) in [5.74, 6) is 0. The van der Waals surface area contributed by atoms with E-state index in [1.807, 2.05) is 20.8 Å². The van der Waals surface area contributed by atoms with E-state index in [0.29, 0.717) is 18.1 Å². The molecule has 2 fully saturated rings. The van der Waals surface area contributed by atoms with Crippen LogP contribution in [0.3, 0.4) is 0 Å². The SMILES string of the molecule is CC(CC1CCCN1)NC1CC1NC(=O)OC(C)(C)C. The van der Waals surface area contributed by atoms with Gasteiger partial charge < -0.3 is 20.7 Å². The smallest absolute Gasteiger partial charge is 0.407 e. The minimum atomic E-state index is -0.427. The van der Waals surface area contributed by atoms with Crippen LogP contribution in [-0.2, 0) is 4.74 Å². The lowest BCUT2D eigenvalue weighted by Gasteiger charge is -2.20. The van der Waals surface area contributed by atoms with E-state index in [4.69, 9.17) is 4.74 Å². The molecule has 4 atom stereocenters. The van der Waals surface area contributed by atoms with Gasteiger partial charge in [0.05, 0.1) is 0 Å². The molecule has 3 N–H and O–H groups in total. The molecule has 2 rings (SSSR count). The van der Waals surface area contributed by atoms with Crippen LogP contribution in [0.15, 0.2) is 0 Å². The lowest BCUT2D eigenvalue weighted by molar-refractivity contribution is 0.0521. The highest BCUT2D eigenvalue weighted by molar-refractivity contribution is 5.68. The topological polar surface area (TPSA) is 62.4 Å². The van der Waals surface area contributed by atoms with E-state index in [1.54, 1.807) is 0 Å². The molecule has 1 aliphatic carbocycles. The van der Waals surface area contributed by atoms with E-state index >= 15 is 0 Å². The Morgan fingerprint density at radius 3 is 2.75 bits per heavy atom. The van der Waals surface area contributed by atoms with Crippen molar-refractivity contribution >= 4 is 6.09 Å². The average Bonchev–Trinajstić information content (AvgIpc) is 2.80. The van der Waals surface area contributed by atoms with Crippen LogP contribution in [-0.4, -0.2) is 42.4 Å². The number of nitrogens with one attached hydrogen (secondary N) is 3. The first-order chi connectivity index (χ1) is 9.33. The van der Waals surface area contributed by atoms with Crippen LogP contribution < -0.4 is 16.0 Å². The van der Waals surface area contributed by atoms with Crippen LogP contribution in [0, 0.1) is 0 Å². The highest BCUT2D eigenvalue weighted by atomic mass is 16.6. The Bertz CT molecular complexity index is 335. The van der Waals surface area contributed by atoms with Crippen molar-refractivity contribution in [3.8, 4) is 0 Å². The van der Waals surface area contributed by atoms with E-state index < -0.39 is 5.60 Å². The van der Waals surface area contributed by atoms with E-state index in [9.17, 15) is 4.79 Å². The summed E-state index contributed by atoms with van der Waals surface area (Å²) in [6.07, 6.45) is 4.44. The number of carbonyl (C=O) groups excluding carboxylic acids is 1. The van der Waals surface area contributed by atoms with Crippen molar-refractivity contribution in [1.82, 2.24) is 16.0 Å². The molecule has 0 aromatic rings. The number of rotatable bonds is 5. The molecule has 0 radical (unpaired) electrons. The van der Waals surface area contributed by atoms with Gasteiger partial charge in [0, 0.05) is 24.2 Å². The third kappa shape index (κ3) is 5.29. The van der Waals surface area contributed by atoms with E-state index in [2.05, 4.69) is 22.9 Å². The molecular formula is C15H29N3O2. The zero-order chi connectivity index (χ0) is 14.8. The van der Waals surface area contributed by atoms with Crippen molar-refractivity contribution in [1.29, 1.82) is 0 Å². The fourth-order valence-corrected chi connectivity index (χ4v) is 2.82. The monoisotopic (exact) mass is 283 g/mol. The van der Waals surface area contributed by atoms with Crippen molar-refractivity contribution in [2.75, 3.05) is 6.54 Å². The van der Waals surface area contributed by atoms with Gasteiger partial charge in [0.2, 0.25) is 0 Å². The van der Waals surface area contributed by atoms with Crippen molar-refractivity contribution in [3.63, 3.8) is 0 Å². The van der Waals surface area contributed by atoms with Crippen molar-refractivity contribution in [3.05, 3.63) is 0 Å². The second-order valence-corrected chi connectivity index (χ2v) is 7.19. The van der Waals surface area contributed by atoms with Gasteiger partial charge >= 0.3 is 6.09 Å². The third-order valence-corrected chi connectivity index (χ3v) is 3.79. The summed E-state index contributed by atoms with van der Waals surface area (Å²) in [5.41, 5.74) is -0.427. The highest BCUT2D eigenvalue weighted by Gasteiger charge is 2.40. The Balaban J connectivity index is 1.61. The fourth-order valence-electron chi connectivity index (χ4n) is 2.82. The maximum atomic E-state index is 11.6. The lowest BCUT2D eigenvalue weighted by Crippen LogP contribution is -2.40. The second kappa shape index (κ2) is 6.31.